The minimum Gasteiger partial charge on any atom is -0.383 e. The minimum absolute atomic E-state index is 0.0164. The SMILES string of the molecule is CC.Cc1ccc2c(c1)NCC(C)C(=O)N2. The third kappa shape index (κ3) is 2.75. The van der Waals surface area contributed by atoms with Crippen LogP contribution >= 0.6 is 0 Å². The van der Waals surface area contributed by atoms with E-state index >= 15 is 0 Å². The molecule has 0 spiro atoms. The first-order valence-electron chi connectivity index (χ1n) is 5.82. The molecule has 0 fully saturated rings. The van der Waals surface area contributed by atoms with E-state index in [1.165, 1.54) is 5.56 Å². The summed E-state index contributed by atoms with van der Waals surface area (Å²) >= 11 is 0. The summed E-state index contributed by atoms with van der Waals surface area (Å²) in [5.41, 5.74) is 3.09. The molecule has 3 nitrogen and oxygen atoms in total. The number of amides is 1. The number of carbonyl (C=O) groups excluding carboxylic acids is 1. The number of fused-ring (bicyclic) bond motifs is 1. The van der Waals surface area contributed by atoms with Crippen molar-refractivity contribution in [3.05, 3.63) is 23.8 Å². The summed E-state index contributed by atoms with van der Waals surface area (Å²) in [5.74, 6) is 0.0998. The van der Waals surface area contributed by atoms with Gasteiger partial charge in [-0.1, -0.05) is 26.8 Å². The maximum Gasteiger partial charge on any atom is 0.229 e. The first-order valence-corrected chi connectivity index (χ1v) is 5.82. The highest BCUT2D eigenvalue weighted by molar-refractivity contribution is 5.97. The van der Waals surface area contributed by atoms with Gasteiger partial charge in [-0.2, -0.15) is 0 Å². The Balaban J connectivity index is 0.000000606. The van der Waals surface area contributed by atoms with Gasteiger partial charge in [-0.05, 0) is 24.6 Å². The topological polar surface area (TPSA) is 41.1 Å². The smallest absolute Gasteiger partial charge is 0.229 e. The molecule has 0 aromatic heterocycles. The van der Waals surface area contributed by atoms with Crippen molar-refractivity contribution >= 4 is 17.3 Å². The summed E-state index contributed by atoms with van der Waals surface area (Å²) in [6, 6.07) is 5.98. The van der Waals surface area contributed by atoms with Crippen molar-refractivity contribution in [1.29, 1.82) is 0 Å². The van der Waals surface area contributed by atoms with E-state index in [9.17, 15) is 4.79 Å². The van der Waals surface area contributed by atoms with Gasteiger partial charge in [-0.15, -0.1) is 0 Å². The summed E-state index contributed by atoms with van der Waals surface area (Å²) in [6.45, 7) is 8.65. The second-order valence-corrected chi connectivity index (χ2v) is 3.82. The van der Waals surface area contributed by atoms with Gasteiger partial charge in [0.1, 0.15) is 0 Å². The van der Waals surface area contributed by atoms with Crippen molar-refractivity contribution in [3.8, 4) is 0 Å². The Morgan fingerprint density at radius 2 is 1.94 bits per heavy atom. The number of nitrogens with one attached hydrogen (secondary N) is 2. The van der Waals surface area contributed by atoms with E-state index in [4.69, 9.17) is 0 Å². The van der Waals surface area contributed by atoms with Gasteiger partial charge in [0, 0.05) is 6.54 Å². The number of benzene rings is 1. The lowest BCUT2D eigenvalue weighted by Gasteiger charge is -2.07. The summed E-state index contributed by atoms with van der Waals surface area (Å²) in [4.78, 5) is 11.5. The van der Waals surface area contributed by atoms with Crippen molar-refractivity contribution in [2.75, 3.05) is 17.2 Å². The molecular weight excluding hydrogens is 200 g/mol. The maximum absolute atomic E-state index is 11.5. The second-order valence-electron chi connectivity index (χ2n) is 3.82. The molecule has 16 heavy (non-hydrogen) atoms. The highest BCUT2D eigenvalue weighted by Crippen LogP contribution is 2.26. The van der Waals surface area contributed by atoms with Gasteiger partial charge in [0.05, 0.1) is 17.3 Å². The van der Waals surface area contributed by atoms with E-state index in [1.807, 2.05) is 45.9 Å². The van der Waals surface area contributed by atoms with Crippen molar-refractivity contribution in [2.24, 2.45) is 5.92 Å². The number of rotatable bonds is 0. The molecular formula is C13H20N2O. The molecule has 0 saturated carbocycles. The molecule has 1 aromatic carbocycles. The third-order valence-corrected chi connectivity index (χ3v) is 2.48. The van der Waals surface area contributed by atoms with Gasteiger partial charge < -0.3 is 10.6 Å². The molecule has 1 unspecified atom stereocenters. The van der Waals surface area contributed by atoms with Crippen molar-refractivity contribution < 1.29 is 4.79 Å². The molecule has 1 amide bonds. The largest absolute Gasteiger partial charge is 0.383 e. The first-order chi connectivity index (χ1) is 7.66. The second kappa shape index (κ2) is 5.54. The predicted octanol–water partition coefficient (Wildman–Crippen LogP) is 3.02. The van der Waals surface area contributed by atoms with E-state index < -0.39 is 0 Å². The van der Waals surface area contributed by atoms with Crippen LogP contribution in [0.15, 0.2) is 18.2 Å². The molecule has 1 aliphatic heterocycles. The Morgan fingerprint density at radius 3 is 2.62 bits per heavy atom. The predicted molar refractivity (Wildman–Crippen MR) is 68.8 cm³/mol. The summed E-state index contributed by atoms with van der Waals surface area (Å²) < 4.78 is 0. The standard InChI is InChI=1S/C11H14N2O.C2H6/c1-7-3-4-9-10(5-7)12-6-8(2)11(14)13-9;1-2/h3-5,8,12H,6H2,1-2H3,(H,13,14);1-2H3. The Hall–Kier alpha value is -1.51. The van der Waals surface area contributed by atoms with Crippen LogP contribution in [0.5, 0.6) is 0 Å². The summed E-state index contributed by atoms with van der Waals surface area (Å²) in [6.07, 6.45) is 0. The lowest BCUT2D eigenvalue weighted by Crippen LogP contribution is -2.22. The van der Waals surface area contributed by atoms with E-state index in [1.54, 1.807) is 0 Å². The average molecular weight is 220 g/mol. The van der Waals surface area contributed by atoms with Crippen molar-refractivity contribution in [2.45, 2.75) is 27.7 Å². The highest BCUT2D eigenvalue weighted by atomic mass is 16.1. The molecule has 1 aromatic rings. The minimum atomic E-state index is 0.0164. The van der Waals surface area contributed by atoms with Gasteiger partial charge in [0.15, 0.2) is 0 Å². The lowest BCUT2D eigenvalue weighted by molar-refractivity contribution is -0.118. The number of anilines is 2. The zero-order valence-corrected chi connectivity index (χ0v) is 10.4. The van der Waals surface area contributed by atoms with Crippen molar-refractivity contribution in [1.82, 2.24) is 0 Å². The Bertz CT molecular complexity index is 374. The van der Waals surface area contributed by atoms with Gasteiger partial charge in [0.2, 0.25) is 5.91 Å². The number of hydrogen-bond acceptors (Lipinski definition) is 2. The summed E-state index contributed by atoms with van der Waals surface area (Å²) in [5, 5.41) is 6.16. The van der Waals surface area contributed by atoms with Crippen LogP contribution in [0.4, 0.5) is 11.4 Å². The molecule has 1 atom stereocenters. The Kier molecular flexibility index (Phi) is 4.35. The van der Waals surface area contributed by atoms with Gasteiger partial charge >= 0.3 is 0 Å². The molecule has 2 rings (SSSR count). The summed E-state index contributed by atoms with van der Waals surface area (Å²) in [7, 11) is 0. The number of hydrogen-bond donors (Lipinski definition) is 2. The van der Waals surface area contributed by atoms with E-state index in [2.05, 4.69) is 10.6 Å². The van der Waals surface area contributed by atoms with Crippen LogP contribution in [0, 0.1) is 12.8 Å². The van der Waals surface area contributed by atoms with Crippen molar-refractivity contribution in [3.63, 3.8) is 0 Å². The van der Waals surface area contributed by atoms with Crippen LogP contribution in [0.2, 0.25) is 0 Å². The molecule has 1 aliphatic rings. The van der Waals surface area contributed by atoms with Crippen LogP contribution < -0.4 is 10.6 Å². The van der Waals surface area contributed by atoms with Crippen LogP contribution in [-0.4, -0.2) is 12.5 Å². The monoisotopic (exact) mass is 220 g/mol. The van der Waals surface area contributed by atoms with Crippen LogP contribution in [-0.2, 0) is 4.79 Å². The molecule has 2 N–H and O–H groups in total. The van der Waals surface area contributed by atoms with Crippen LogP contribution in [0.3, 0.4) is 0 Å². The quantitative estimate of drug-likeness (QED) is 0.705. The first kappa shape index (κ1) is 12.6. The van der Waals surface area contributed by atoms with Crippen LogP contribution in [0.25, 0.3) is 0 Å². The average Bonchev–Trinajstić information content (AvgIpc) is 2.43. The molecule has 88 valence electrons. The lowest BCUT2D eigenvalue weighted by atomic mass is 10.2. The molecule has 0 radical (unpaired) electrons. The zero-order chi connectivity index (χ0) is 12.1. The number of aryl methyl sites for hydroxylation is 1. The van der Waals surface area contributed by atoms with E-state index in [0.717, 1.165) is 11.4 Å². The fraction of sp³-hybridized carbons (Fsp3) is 0.462. The molecule has 1 heterocycles. The Labute approximate surface area is 97.2 Å². The van der Waals surface area contributed by atoms with E-state index in [0.29, 0.717) is 6.54 Å². The molecule has 3 heteroatoms. The van der Waals surface area contributed by atoms with E-state index in [-0.39, 0.29) is 11.8 Å². The van der Waals surface area contributed by atoms with Crippen LogP contribution in [0.1, 0.15) is 26.3 Å². The molecule has 0 aliphatic carbocycles. The van der Waals surface area contributed by atoms with Gasteiger partial charge in [-0.25, -0.2) is 0 Å². The number of carbonyl (C=O) groups is 1. The molecule has 0 saturated heterocycles. The zero-order valence-electron chi connectivity index (χ0n) is 10.4. The fourth-order valence-corrected chi connectivity index (χ4v) is 1.53. The van der Waals surface area contributed by atoms with Gasteiger partial charge in [0.25, 0.3) is 0 Å². The fourth-order valence-electron chi connectivity index (χ4n) is 1.53. The normalized spacial score (nSPS) is 18.2. The van der Waals surface area contributed by atoms with Gasteiger partial charge in [-0.3, -0.25) is 4.79 Å². The third-order valence-electron chi connectivity index (χ3n) is 2.48. The maximum atomic E-state index is 11.5. The Morgan fingerprint density at radius 1 is 1.25 bits per heavy atom. The highest BCUT2D eigenvalue weighted by Gasteiger charge is 2.18. The molecule has 0 bridgehead atoms.